The maximum absolute atomic E-state index is 12.9. The number of hydrogen-bond acceptors (Lipinski definition) is 3. The molecule has 29 heavy (non-hydrogen) atoms. The molecule has 0 bridgehead atoms. The average Bonchev–Trinajstić information content (AvgIpc) is 3.11. The molecule has 3 aromatic carbocycles. The fourth-order valence-corrected chi connectivity index (χ4v) is 3.75. The van der Waals surface area contributed by atoms with Crippen molar-refractivity contribution < 1.29 is 22.4 Å². The summed E-state index contributed by atoms with van der Waals surface area (Å²) in [6, 6.07) is 15.9. The number of anilines is 1. The van der Waals surface area contributed by atoms with Gasteiger partial charge in [0.1, 0.15) is 5.52 Å². The van der Waals surface area contributed by atoms with Gasteiger partial charge in [-0.15, -0.1) is 0 Å². The highest BCUT2D eigenvalue weighted by Gasteiger charge is 2.42. The summed E-state index contributed by atoms with van der Waals surface area (Å²) in [7, 11) is 0. The lowest BCUT2D eigenvalue weighted by atomic mass is 10.0. The lowest BCUT2D eigenvalue weighted by molar-refractivity contribution is -0.170. The predicted molar refractivity (Wildman–Crippen MR) is 109 cm³/mol. The van der Waals surface area contributed by atoms with Crippen molar-refractivity contribution in [1.82, 2.24) is 4.98 Å². The van der Waals surface area contributed by atoms with Gasteiger partial charge in [0.25, 0.3) is 0 Å². The second-order valence-corrected chi connectivity index (χ2v) is 7.21. The molecule has 0 spiro atoms. The van der Waals surface area contributed by atoms with Gasteiger partial charge in [0.05, 0.1) is 0 Å². The zero-order chi connectivity index (χ0) is 20.8. The molecule has 8 heteroatoms. The van der Waals surface area contributed by atoms with Gasteiger partial charge in [-0.25, -0.2) is 4.98 Å². The number of carbonyl (C=O) groups is 1. The third kappa shape index (κ3) is 3.48. The van der Waals surface area contributed by atoms with Crippen molar-refractivity contribution in [2.75, 3.05) is 11.4 Å². The molecular weight excluding hydrogens is 449 g/mol. The molecule has 1 aromatic heterocycles. The molecule has 0 unspecified atom stereocenters. The van der Waals surface area contributed by atoms with Gasteiger partial charge in [0.2, 0.25) is 5.89 Å². The number of amides is 1. The van der Waals surface area contributed by atoms with Crippen molar-refractivity contribution in [2.45, 2.75) is 13.1 Å². The smallest absolute Gasteiger partial charge is 0.436 e. The average molecular weight is 463 g/mol. The fraction of sp³-hybridized carbons (Fsp3) is 0.143. The molecule has 0 aliphatic rings. The van der Waals surface area contributed by atoms with Crippen molar-refractivity contribution in [3.05, 3.63) is 59.1 Å². The number of halogens is 4. The summed E-state index contributed by atoms with van der Waals surface area (Å²) in [5.74, 6) is -1.56. The van der Waals surface area contributed by atoms with Crippen LogP contribution in [0.2, 0.25) is 0 Å². The summed E-state index contributed by atoms with van der Waals surface area (Å²) < 4.78 is 45.4. The second-order valence-electron chi connectivity index (χ2n) is 6.36. The van der Waals surface area contributed by atoms with E-state index in [1.807, 2.05) is 36.4 Å². The normalized spacial score (nSPS) is 11.9. The molecule has 0 saturated heterocycles. The largest absolute Gasteiger partial charge is 0.471 e. The number of alkyl halides is 3. The van der Waals surface area contributed by atoms with Gasteiger partial charge >= 0.3 is 12.1 Å². The first kappa shape index (κ1) is 19.4. The fourth-order valence-electron chi connectivity index (χ4n) is 3.25. The number of hydrogen-bond donors (Lipinski definition) is 0. The van der Waals surface area contributed by atoms with E-state index in [9.17, 15) is 18.0 Å². The van der Waals surface area contributed by atoms with Crippen LogP contribution in [0.3, 0.4) is 0 Å². The monoisotopic (exact) mass is 462 g/mol. The zero-order valence-electron chi connectivity index (χ0n) is 15.1. The Morgan fingerprint density at radius 3 is 2.55 bits per heavy atom. The first-order chi connectivity index (χ1) is 13.8. The summed E-state index contributed by atoms with van der Waals surface area (Å²) >= 11 is 3.52. The van der Waals surface area contributed by atoms with Crippen LogP contribution >= 0.6 is 15.9 Å². The van der Waals surface area contributed by atoms with Crippen LogP contribution in [0.5, 0.6) is 0 Å². The summed E-state index contributed by atoms with van der Waals surface area (Å²) in [5.41, 5.74) is 1.67. The molecule has 0 aliphatic heterocycles. The number of rotatable bonds is 3. The predicted octanol–water partition coefficient (Wildman–Crippen LogP) is 6.33. The van der Waals surface area contributed by atoms with Gasteiger partial charge in [0, 0.05) is 22.3 Å². The van der Waals surface area contributed by atoms with E-state index in [1.54, 1.807) is 0 Å². The Labute approximate surface area is 172 Å². The van der Waals surface area contributed by atoms with Gasteiger partial charge in [-0.2, -0.15) is 13.2 Å². The van der Waals surface area contributed by atoms with Gasteiger partial charge in [-0.1, -0.05) is 40.2 Å². The highest BCUT2D eigenvalue weighted by atomic mass is 79.9. The second kappa shape index (κ2) is 7.18. The van der Waals surface area contributed by atoms with E-state index >= 15 is 0 Å². The Kier molecular flexibility index (Phi) is 4.82. The van der Waals surface area contributed by atoms with Crippen molar-refractivity contribution in [2.24, 2.45) is 0 Å². The van der Waals surface area contributed by atoms with Gasteiger partial charge in [0.15, 0.2) is 5.58 Å². The Hall–Kier alpha value is -2.87. The van der Waals surface area contributed by atoms with Crippen molar-refractivity contribution in [3.8, 4) is 11.5 Å². The minimum absolute atomic E-state index is 0.114. The van der Waals surface area contributed by atoms with Crippen molar-refractivity contribution in [1.29, 1.82) is 0 Å². The number of benzene rings is 3. The molecule has 0 radical (unpaired) electrons. The molecule has 4 rings (SSSR count). The Balaban J connectivity index is 1.81. The minimum atomic E-state index is -4.95. The number of nitrogens with zero attached hydrogens (tertiary/aromatic N) is 2. The van der Waals surface area contributed by atoms with E-state index in [-0.39, 0.29) is 12.2 Å². The molecule has 148 valence electrons. The van der Waals surface area contributed by atoms with E-state index < -0.39 is 12.1 Å². The molecule has 0 aliphatic carbocycles. The SMILES string of the molecule is CCN(C(=O)C(F)(F)F)c1ccc2oc(-c3cccc4c(Br)cccc34)nc2c1. The van der Waals surface area contributed by atoms with Crippen LogP contribution < -0.4 is 4.90 Å². The first-order valence-electron chi connectivity index (χ1n) is 8.76. The third-order valence-electron chi connectivity index (χ3n) is 4.59. The number of fused-ring (bicyclic) bond motifs is 2. The molecule has 0 fully saturated rings. The summed E-state index contributed by atoms with van der Waals surface area (Å²) in [6.45, 7) is 1.36. The molecule has 1 heterocycles. The maximum atomic E-state index is 12.9. The minimum Gasteiger partial charge on any atom is -0.436 e. The van der Waals surface area contributed by atoms with Crippen molar-refractivity contribution >= 4 is 49.4 Å². The third-order valence-corrected chi connectivity index (χ3v) is 5.28. The van der Waals surface area contributed by atoms with E-state index in [2.05, 4.69) is 20.9 Å². The van der Waals surface area contributed by atoms with Crippen LogP contribution in [-0.2, 0) is 4.79 Å². The Bertz CT molecular complexity index is 1230. The van der Waals surface area contributed by atoms with E-state index in [0.29, 0.717) is 21.9 Å². The molecule has 0 atom stereocenters. The summed E-state index contributed by atoms with van der Waals surface area (Å²) in [4.78, 5) is 16.8. The highest BCUT2D eigenvalue weighted by Crippen LogP contribution is 2.34. The topological polar surface area (TPSA) is 46.3 Å². The van der Waals surface area contributed by atoms with E-state index in [0.717, 1.165) is 20.8 Å². The molecule has 1 amide bonds. The lowest BCUT2D eigenvalue weighted by Crippen LogP contribution is -2.41. The lowest BCUT2D eigenvalue weighted by Gasteiger charge is -2.21. The molecule has 4 nitrogen and oxygen atoms in total. The van der Waals surface area contributed by atoms with Gasteiger partial charge < -0.3 is 9.32 Å². The van der Waals surface area contributed by atoms with Crippen molar-refractivity contribution in [3.63, 3.8) is 0 Å². The van der Waals surface area contributed by atoms with Crippen LogP contribution in [0.4, 0.5) is 18.9 Å². The standard InChI is InChI=1S/C21H14BrF3N2O2/c1-2-27(20(28)21(23,24)25)12-9-10-18-17(11-12)26-19(29-18)15-7-3-6-14-13(15)5-4-8-16(14)22/h3-11H,2H2,1H3. The Morgan fingerprint density at radius 2 is 1.83 bits per heavy atom. The zero-order valence-corrected chi connectivity index (χ0v) is 16.7. The van der Waals surface area contributed by atoms with Crippen LogP contribution in [0.1, 0.15) is 6.92 Å². The quantitative estimate of drug-likeness (QED) is 0.357. The van der Waals surface area contributed by atoms with Crippen LogP contribution in [-0.4, -0.2) is 23.6 Å². The molecule has 4 aromatic rings. The number of oxazole rings is 1. The van der Waals surface area contributed by atoms with Crippen LogP contribution in [0, 0.1) is 0 Å². The van der Waals surface area contributed by atoms with E-state index in [1.165, 1.54) is 25.1 Å². The highest BCUT2D eigenvalue weighted by molar-refractivity contribution is 9.10. The molecule has 0 N–H and O–H groups in total. The van der Waals surface area contributed by atoms with Crippen LogP contribution in [0.25, 0.3) is 33.3 Å². The Morgan fingerprint density at radius 1 is 1.10 bits per heavy atom. The summed E-state index contributed by atoms with van der Waals surface area (Å²) in [5, 5.41) is 1.91. The number of carbonyl (C=O) groups excluding carboxylic acids is 1. The maximum Gasteiger partial charge on any atom is 0.471 e. The van der Waals surface area contributed by atoms with E-state index in [4.69, 9.17) is 4.42 Å². The first-order valence-corrected chi connectivity index (χ1v) is 9.56. The molecular formula is C21H14BrF3N2O2. The van der Waals surface area contributed by atoms with Gasteiger partial charge in [-0.05, 0) is 48.0 Å². The van der Waals surface area contributed by atoms with Gasteiger partial charge in [-0.3, -0.25) is 4.79 Å². The molecule has 0 saturated carbocycles. The summed E-state index contributed by atoms with van der Waals surface area (Å²) in [6.07, 6.45) is -4.95. The van der Waals surface area contributed by atoms with Crippen LogP contribution in [0.15, 0.2) is 63.5 Å². The number of aromatic nitrogens is 1.